The van der Waals surface area contributed by atoms with Crippen LogP contribution in [-0.2, 0) is 4.79 Å². The van der Waals surface area contributed by atoms with Crippen LogP contribution in [-0.4, -0.2) is 52.9 Å². The highest BCUT2D eigenvalue weighted by Gasteiger charge is 2.21. The van der Waals surface area contributed by atoms with E-state index in [1.54, 1.807) is 6.92 Å². The van der Waals surface area contributed by atoms with E-state index in [1.807, 2.05) is 6.07 Å². The maximum Gasteiger partial charge on any atom is 0.326 e. The van der Waals surface area contributed by atoms with E-state index in [-0.39, 0.29) is 26.0 Å². The molecule has 17 heavy (non-hydrogen) atoms. The van der Waals surface area contributed by atoms with Crippen molar-refractivity contribution >= 4 is 12.0 Å². The highest BCUT2D eigenvalue weighted by molar-refractivity contribution is 5.82. The Morgan fingerprint density at radius 1 is 1.53 bits per heavy atom. The van der Waals surface area contributed by atoms with Gasteiger partial charge in [0.1, 0.15) is 6.04 Å². The molecule has 0 rings (SSSR count). The van der Waals surface area contributed by atoms with Gasteiger partial charge in [-0.1, -0.05) is 0 Å². The minimum Gasteiger partial charge on any atom is -0.480 e. The molecule has 0 aliphatic rings. The first kappa shape index (κ1) is 15.2. The number of aliphatic hydroxyl groups is 1. The van der Waals surface area contributed by atoms with Gasteiger partial charge in [0.05, 0.1) is 12.5 Å². The van der Waals surface area contributed by atoms with E-state index in [0.29, 0.717) is 6.54 Å². The SMILES string of the molecule is CCN(CCC#N)C(=O)N[C@@H](CCO)C(=O)O. The molecule has 0 spiro atoms. The van der Waals surface area contributed by atoms with Crippen molar-refractivity contribution in [1.82, 2.24) is 10.2 Å². The largest absolute Gasteiger partial charge is 0.480 e. The number of carboxylic acids is 1. The van der Waals surface area contributed by atoms with Gasteiger partial charge in [-0.15, -0.1) is 0 Å². The summed E-state index contributed by atoms with van der Waals surface area (Å²) in [6.45, 7) is 2.06. The van der Waals surface area contributed by atoms with E-state index in [2.05, 4.69) is 5.32 Å². The van der Waals surface area contributed by atoms with Crippen molar-refractivity contribution in [2.24, 2.45) is 0 Å². The van der Waals surface area contributed by atoms with Crippen molar-refractivity contribution in [1.29, 1.82) is 5.26 Å². The third-order valence-electron chi connectivity index (χ3n) is 2.18. The fourth-order valence-corrected chi connectivity index (χ4v) is 1.22. The standard InChI is InChI=1S/C10H17N3O4/c1-2-13(6-3-5-11)10(17)12-8(4-7-14)9(15)16/h8,14H,2-4,6-7H2,1H3,(H,12,17)(H,15,16)/t8-/m0/s1. The molecule has 7 nitrogen and oxygen atoms in total. The van der Waals surface area contributed by atoms with Crippen LogP contribution in [0.2, 0.25) is 0 Å². The van der Waals surface area contributed by atoms with Crippen molar-refractivity contribution in [3.63, 3.8) is 0 Å². The fourth-order valence-electron chi connectivity index (χ4n) is 1.22. The summed E-state index contributed by atoms with van der Waals surface area (Å²) < 4.78 is 0. The molecule has 1 atom stereocenters. The third-order valence-corrected chi connectivity index (χ3v) is 2.18. The predicted molar refractivity (Wildman–Crippen MR) is 59.1 cm³/mol. The maximum absolute atomic E-state index is 11.6. The van der Waals surface area contributed by atoms with Gasteiger partial charge in [0, 0.05) is 26.1 Å². The summed E-state index contributed by atoms with van der Waals surface area (Å²) >= 11 is 0. The Balaban J connectivity index is 4.36. The monoisotopic (exact) mass is 243 g/mol. The van der Waals surface area contributed by atoms with Gasteiger partial charge in [-0.3, -0.25) is 0 Å². The Bertz CT molecular complexity index is 300. The molecule has 0 bridgehead atoms. The van der Waals surface area contributed by atoms with Crippen LogP contribution in [0.3, 0.4) is 0 Å². The summed E-state index contributed by atoms with van der Waals surface area (Å²) in [6, 6.07) is 0.265. The average molecular weight is 243 g/mol. The van der Waals surface area contributed by atoms with E-state index < -0.39 is 18.0 Å². The Hall–Kier alpha value is -1.81. The fraction of sp³-hybridized carbons (Fsp3) is 0.700. The molecule has 96 valence electrons. The number of carboxylic acid groups (broad SMARTS) is 1. The lowest BCUT2D eigenvalue weighted by Crippen LogP contribution is -2.48. The number of hydrogen-bond acceptors (Lipinski definition) is 4. The first-order valence-electron chi connectivity index (χ1n) is 5.32. The molecule has 0 aliphatic heterocycles. The van der Waals surface area contributed by atoms with E-state index in [4.69, 9.17) is 15.5 Å². The third kappa shape index (κ3) is 5.73. The number of aliphatic carboxylic acids is 1. The number of nitrogens with one attached hydrogen (secondary N) is 1. The first-order valence-corrected chi connectivity index (χ1v) is 5.32. The molecule has 0 saturated heterocycles. The molecule has 0 aromatic rings. The van der Waals surface area contributed by atoms with Crippen molar-refractivity contribution in [3.05, 3.63) is 0 Å². The summed E-state index contributed by atoms with van der Waals surface area (Å²) in [5.74, 6) is -1.19. The second kappa shape index (κ2) is 8.35. The van der Waals surface area contributed by atoms with E-state index >= 15 is 0 Å². The first-order chi connectivity index (χ1) is 8.06. The normalized spacial score (nSPS) is 11.4. The van der Waals surface area contributed by atoms with Crippen LogP contribution in [0.5, 0.6) is 0 Å². The lowest BCUT2D eigenvalue weighted by atomic mass is 10.2. The highest BCUT2D eigenvalue weighted by Crippen LogP contribution is 1.97. The number of rotatable bonds is 7. The molecule has 0 aromatic carbocycles. The quantitative estimate of drug-likeness (QED) is 0.571. The van der Waals surface area contributed by atoms with Crippen LogP contribution in [0.4, 0.5) is 4.79 Å². The van der Waals surface area contributed by atoms with Crippen LogP contribution in [0, 0.1) is 11.3 Å². The zero-order valence-corrected chi connectivity index (χ0v) is 9.72. The Morgan fingerprint density at radius 3 is 2.59 bits per heavy atom. The lowest BCUT2D eigenvalue weighted by Gasteiger charge is -2.22. The summed E-state index contributed by atoms with van der Waals surface area (Å²) in [7, 11) is 0. The van der Waals surface area contributed by atoms with Gasteiger partial charge in [0.15, 0.2) is 0 Å². The van der Waals surface area contributed by atoms with Crippen LogP contribution in [0.25, 0.3) is 0 Å². The summed E-state index contributed by atoms with van der Waals surface area (Å²) in [6.07, 6.45) is 0.149. The molecule has 0 saturated carbocycles. The second-order valence-electron chi connectivity index (χ2n) is 3.34. The zero-order chi connectivity index (χ0) is 13.3. The van der Waals surface area contributed by atoms with Crippen molar-refractivity contribution in [2.45, 2.75) is 25.8 Å². The van der Waals surface area contributed by atoms with Gasteiger partial charge < -0.3 is 20.4 Å². The number of nitrogens with zero attached hydrogens (tertiary/aromatic N) is 2. The number of hydrogen-bond donors (Lipinski definition) is 3. The maximum atomic E-state index is 11.6. The van der Waals surface area contributed by atoms with Gasteiger partial charge in [-0.2, -0.15) is 5.26 Å². The number of urea groups is 1. The molecule has 3 N–H and O–H groups in total. The molecular formula is C10H17N3O4. The van der Waals surface area contributed by atoms with E-state index in [0.717, 1.165) is 0 Å². The smallest absolute Gasteiger partial charge is 0.326 e. The minimum absolute atomic E-state index is 0.0448. The highest BCUT2D eigenvalue weighted by atomic mass is 16.4. The topological polar surface area (TPSA) is 114 Å². The van der Waals surface area contributed by atoms with Crippen molar-refractivity contribution in [2.75, 3.05) is 19.7 Å². The molecule has 0 fully saturated rings. The Morgan fingerprint density at radius 2 is 2.18 bits per heavy atom. The second-order valence-corrected chi connectivity index (χ2v) is 3.34. The predicted octanol–water partition coefficient (Wildman–Crippen LogP) is -0.233. The van der Waals surface area contributed by atoms with E-state index in [1.165, 1.54) is 4.90 Å². The van der Waals surface area contributed by atoms with Gasteiger partial charge in [0.2, 0.25) is 0 Å². The van der Waals surface area contributed by atoms with E-state index in [9.17, 15) is 9.59 Å². The van der Waals surface area contributed by atoms with Crippen LogP contribution >= 0.6 is 0 Å². The Kier molecular flexibility index (Phi) is 7.46. The van der Waals surface area contributed by atoms with Gasteiger partial charge in [-0.05, 0) is 6.92 Å². The van der Waals surface area contributed by atoms with Gasteiger partial charge >= 0.3 is 12.0 Å². The molecular weight excluding hydrogens is 226 g/mol. The molecule has 0 unspecified atom stereocenters. The van der Waals surface area contributed by atoms with Crippen molar-refractivity contribution < 1.29 is 19.8 Å². The molecule has 0 aromatic heterocycles. The van der Waals surface area contributed by atoms with Crippen LogP contribution < -0.4 is 5.32 Å². The summed E-state index contributed by atoms with van der Waals surface area (Å²) in [5.41, 5.74) is 0. The summed E-state index contributed by atoms with van der Waals surface area (Å²) in [5, 5.41) is 28.2. The molecule has 0 radical (unpaired) electrons. The number of carbonyl (C=O) groups is 2. The number of carbonyl (C=O) groups excluding carboxylic acids is 1. The molecule has 7 heteroatoms. The lowest BCUT2D eigenvalue weighted by molar-refractivity contribution is -0.139. The van der Waals surface area contributed by atoms with Crippen LogP contribution in [0.1, 0.15) is 19.8 Å². The number of nitriles is 1. The minimum atomic E-state index is -1.19. The van der Waals surface area contributed by atoms with Crippen molar-refractivity contribution in [3.8, 4) is 6.07 Å². The van der Waals surface area contributed by atoms with Gasteiger partial charge in [0.25, 0.3) is 0 Å². The molecule has 0 aliphatic carbocycles. The van der Waals surface area contributed by atoms with Crippen LogP contribution in [0.15, 0.2) is 0 Å². The molecule has 0 heterocycles. The van der Waals surface area contributed by atoms with Gasteiger partial charge in [-0.25, -0.2) is 9.59 Å². The number of aliphatic hydroxyl groups excluding tert-OH is 1. The average Bonchev–Trinajstić information content (AvgIpc) is 2.29. The number of amides is 2. The Labute approximate surface area is 99.6 Å². The molecule has 2 amide bonds. The summed E-state index contributed by atoms with van der Waals surface area (Å²) in [4.78, 5) is 23.7. The zero-order valence-electron chi connectivity index (χ0n) is 9.72.